The van der Waals surface area contributed by atoms with E-state index in [0.29, 0.717) is 0 Å². The van der Waals surface area contributed by atoms with E-state index in [-0.39, 0.29) is 6.10 Å². The monoisotopic (exact) mass is 348 g/mol. The van der Waals surface area contributed by atoms with E-state index in [1.54, 1.807) is 0 Å². The van der Waals surface area contributed by atoms with Crippen LogP contribution in [0.4, 0.5) is 0 Å². The molecule has 1 saturated heterocycles. The molecule has 134 valence electrons. The van der Waals surface area contributed by atoms with E-state index >= 15 is 0 Å². The lowest BCUT2D eigenvalue weighted by atomic mass is 10.0. The standard InChI is InChI=1S/C21H24N4O/c1-24-15-17(14-23-24)16-25-12-8-19(9-13-25)26-21-5-3-2-4-20(21)18-6-10-22-11-7-18/h2-7,10-11,14-15,19H,8-9,12-13,16H2,1H3. The van der Waals surface area contributed by atoms with E-state index in [9.17, 15) is 0 Å². The van der Waals surface area contributed by atoms with Crippen LogP contribution in [0.2, 0.25) is 0 Å². The van der Waals surface area contributed by atoms with E-state index in [0.717, 1.165) is 49.4 Å². The van der Waals surface area contributed by atoms with Crippen LogP contribution in [0.1, 0.15) is 18.4 Å². The number of nitrogens with zero attached hydrogens (tertiary/aromatic N) is 4. The summed E-state index contributed by atoms with van der Waals surface area (Å²) in [6.45, 7) is 3.07. The summed E-state index contributed by atoms with van der Waals surface area (Å²) in [5.41, 5.74) is 3.55. The minimum Gasteiger partial charge on any atom is -0.490 e. The molecule has 3 heterocycles. The van der Waals surface area contributed by atoms with Crippen LogP contribution < -0.4 is 4.74 Å². The summed E-state index contributed by atoms with van der Waals surface area (Å²) in [7, 11) is 1.96. The Morgan fingerprint density at radius 3 is 2.58 bits per heavy atom. The van der Waals surface area contributed by atoms with Crippen molar-refractivity contribution in [3.8, 4) is 16.9 Å². The number of pyridine rings is 1. The Bertz CT molecular complexity index is 838. The molecule has 0 amide bonds. The number of para-hydroxylation sites is 1. The molecule has 0 bridgehead atoms. The number of hydrogen-bond acceptors (Lipinski definition) is 4. The summed E-state index contributed by atoms with van der Waals surface area (Å²) in [6.07, 6.45) is 10.0. The lowest BCUT2D eigenvalue weighted by Gasteiger charge is -2.32. The lowest BCUT2D eigenvalue weighted by molar-refractivity contribution is 0.0972. The van der Waals surface area contributed by atoms with Crippen LogP contribution >= 0.6 is 0 Å². The Morgan fingerprint density at radius 1 is 1.08 bits per heavy atom. The molecule has 3 aromatic rings. The first kappa shape index (κ1) is 16.8. The molecule has 0 atom stereocenters. The summed E-state index contributed by atoms with van der Waals surface area (Å²) in [6, 6.07) is 12.3. The van der Waals surface area contributed by atoms with Gasteiger partial charge in [0, 0.05) is 56.4 Å². The minimum atomic E-state index is 0.267. The molecule has 5 heteroatoms. The van der Waals surface area contributed by atoms with Gasteiger partial charge in [0.05, 0.1) is 6.20 Å². The molecular formula is C21H24N4O. The van der Waals surface area contributed by atoms with Crippen LogP contribution in [-0.2, 0) is 13.6 Å². The number of piperidine rings is 1. The van der Waals surface area contributed by atoms with Gasteiger partial charge in [-0.2, -0.15) is 5.10 Å². The zero-order chi connectivity index (χ0) is 17.8. The fourth-order valence-corrected chi connectivity index (χ4v) is 3.52. The molecule has 0 saturated carbocycles. The molecule has 1 aromatic carbocycles. The van der Waals surface area contributed by atoms with E-state index in [2.05, 4.69) is 39.4 Å². The highest BCUT2D eigenvalue weighted by Gasteiger charge is 2.21. The maximum atomic E-state index is 6.38. The Morgan fingerprint density at radius 2 is 1.85 bits per heavy atom. The van der Waals surface area contributed by atoms with Crippen molar-refractivity contribution in [2.24, 2.45) is 7.05 Å². The van der Waals surface area contributed by atoms with Crippen molar-refractivity contribution in [3.63, 3.8) is 0 Å². The molecule has 0 spiro atoms. The molecule has 1 aliphatic heterocycles. The highest BCUT2D eigenvalue weighted by molar-refractivity contribution is 5.69. The third-order valence-electron chi connectivity index (χ3n) is 4.87. The van der Waals surface area contributed by atoms with Crippen LogP contribution in [0.3, 0.4) is 0 Å². The van der Waals surface area contributed by atoms with Gasteiger partial charge < -0.3 is 4.74 Å². The van der Waals surface area contributed by atoms with Crippen molar-refractivity contribution in [2.45, 2.75) is 25.5 Å². The van der Waals surface area contributed by atoms with Crippen LogP contribution in [0, 0.1) is 0 Å². The minimum absolute atomic E-state index is 0.267. The second-order valence-corrected chi connectivity index (χ2v) is 6.85. The lowest BCUT2D eigenvalue weighted by Crippen LogP contribution is -2.37. The van der Waals surface area contributed by atoms with Crippen molar-refractivity contribution in [1.29, 1.82) is 0 Å². The summed E-state index contributed by atoms with van der Waals surface area (Å²) >= 11 is 0. The third-order valence-corrected chi connectivity index (χ3v) is 4.87. The van der Waals surface area contributed by atoms with Crippen molar-refractivity contribution in [3.05, 3.63) is 66.7 Å². The summed E-state index contributed by atoms with van der Waals surface area (Å²) in [4.78, 5) is 6.59. The molecule has 0 unspecified atom stereocenters. The second kappa shape index (κ2) is 7.70. The Hall–Kier alpha value is -2.66. The number of benzene rings is 1. The number of aryl methyl sites for hydroxylation is 1. The van der Waals surface area contributed by atoms with Gasteiger partial charge in [0.1, 0.15) is 11.9 Å². The van der Waals surface area contributed by atoms with Gasteiger partial charge in [-0.3, -0.25) is 14.6 Å². The van der Waals surface area contributed by atoms with Gasteiger partial charge in [0.25, 0.3) is 0 Å². The quantitative estimate of drug-likeness (QED) is 0.707. The van der Waals surface area contributed by atoms with Crippen LogP contribution in [-0.4, -0.2) is 38.9 Å². The summed E-state index contributed by atoms with van der Waals surface area (Å²) < 4.78 is 8.24. The molecule has 4 rings (SSSR count). The highest BCUT2D eigenvalue weighted by Crippen LogP contribution is 2.31. The molecule has 1 fully saturated rings. The van der Waals surface area contributed by atoms with Crippen LogP contribution in [0.5, 0.6) is 5.75 Å². The zero-order valence-electron chi connectivity index (χ0n) is 15.1. The summed E-state index contributed by atoms with van der Waals surface area (Å²) in [5.74, 6) is 0.962. The van der Waals surface area contributed by atoms with Gasteiger partial charge in [-0.15, -0.1) is 0 Å². The van der Waals surface area contributed by atoms with E-state index in [1.807, 2.05) is 48.5 Å². The number of likely N-dealkylation sites (tertiary alicyclic amines) is 1. The van der Waals surface area contributed by atoms with Crippen molar-refractivity contribution >= 4 is 0 Å². The maximum Gasteiger partial charge on any atom is 0.127 e. The number of hydrogen-bond donors (Lipinski definition) is 0. The number of aromatic nitrogens is 3. The van der Waals surface area contributed by atoms with Crippen LogP contribution in [0.25, 0.3) is 11.1 Å². The smallest absolute Gasteiger partial charge is 0.127 e. The van der Waals surface area contributed by atoms with Crippen molar-refractivity contribution < 1.29 is 4.74 Å². The first-order valence-corrected chi connectivity index (χ1v) is 9.14. The van der Waals surface area contributed by atoms with Crippen molar-refractivity contribution in [2.75, 3.05) is 13.1 Å². The average molecular weight is 348 g/mol. The second-order valence-electron chi connectivity index (χ2n) is 6.85. The van der Waals surface area contributed by atoms with E-state index in [1.165, 1.54) is 5.56 Å². The zero-order valence-corrected chi connectivity index (χ0v) is 15.1. The largest absolute Gasteiger partial charge is 0.490 e. The van der Waals surface area contributed by atoms with Gasteiger partial charge in [-0.25, -0.2) is 0 Å². The predicted octanol–water partition coefficient (Wildman–Crippen LogP) is 3.53. The fraction of sp³-hybridized carbons (Fsp3) is 0.333. The predicted molar refractivity (Wildman–Crippen MR) is 102 cm³/mol. The fourth-order valence-electron chi connectivity index (χ4n) is 3.52. The van der Waals surface area contributed by atoms with Gasteiger partial charge >= 0.3 is 0 Å². The Balaban J connectivity index is 1.38. The van der Waals surface area contributed by atoms with Crippen LogP contribution in [0.15, 0.2) is 61.2 Å². The first-order chi connectivity index (χ1) is 12.8. The van der Waals surface area contributed by atoms with E-state index < -0.39 is 0 Å². The average Bonchev–Trinajstić information content (AvgIpc) is 3.09. The Kier molecular flexibility index (Phi) is 4.97. The van der Waals surface area contributed by atoms with E-state index in [4.69, 9.17) is 4.74 Å². The van der Waals surface area contributed by atoms with Gasteiger partial charge in [0.2, 0.25) is 0 Å². The summed E-state index contributed by atoms with van der Waals surface area (Å²) in [5, 5.41) is 4.25. The maximum absolute atomic E-state index is 6.38. The molecule has 1 aliphatic rings. The highest BCUT2D eigenvalue weighted by atomic mass is 16.5. The number of ether oxygens (including phenoxy) is 1. The SMILES string of the molecule is Cn1cc(CN2CCC(Oc3ccccc3-c3ccncc3)CC2)cn1. The number of rotatable bonds is 5. The topological polar surface area (TPSA) is 43.2 Å². The molecule has 5 nitrogen and oxygen atoms in total. The molecule has 26 heavy (non-hydrogen) atoms. The molecule has 0 aliphatic carbocycles. The Labute approximate surface area is 154 Å². The molecule has 0 radical (unpaired) electrons. The third kappa shape index (κ3) is 3.94. The molecular weight excluding hydrogens is 324 g/mol. The van der Waals surface area contributed by atoms with Crippen molar-refractivity contribution in [1.82, 2.24) is 19.7 Å². The van der Waals surface area contributed by atoms with Gasteiger partial charge in [-0.05, 0) is 36.6 Å². The molecule has 0 N–H and O–H groups in total. The van der Waals surface area contributed by atoms with Gasteiger partial charge in [-0.1, -0.05) is 18.2 Å². The first-order valence-electron chi connectivity index (χ1n) is 9.14. The van der Waals surface area contributed by atoms with Gasteiger partial charge in [0.15, 0.2) is 0 Å². The molecule has 2 aromatic heterocycles. The normalized spacial score (nSPS) is 15.9.